The Balaban J connectivity index is 1.41. The molecule has 2 aliphatic rings. The first-order valence-electron chi connectivity index (χ1n) is 12.9. The Morgan fingerprint density at radius 2 is 1.86 bits per heavy atom. The molecule has 0 aromatic carbocycles. The monoisotopic (exact) mass is 553 g/mol. The molecule has 0 bridgehead atoms. The van der Waals surface area contributed by atoms with Crippen molar-refractivity contribution in [2.45, 2.75) is 78.0 Å². The average molecular weight is 554 g/mol. The van der Waals surface area contributed by atoms with E-state index in [-0.39, 0.29) is 34.7 Å². The van der Waals surface area contributed by atoms with Crippen LogP contribution in [-0.2, 0) is 14.3 Å². The van der Waals surface area contributed by atoms with Crippen LogP contribution in [0.1, 0.15) is 67.7 Å². The van der Waals surface area contributed by atoms with Crippen LogP contribution in [0, 0.1) is 22.2 Å². The van der Waals surface area contributed by atoms with Crippen LogP contribution < -0.4 is 10.8 Å². The molecule has 1 aromatic heterocycles. The third-order valence-electron chi connectivity index (χ3n) is 6.98. The summed E-state index contributed by atoms with van der Waals surface area (Å²) >= 11 is 3.11. The van der Waals surface area contributed by atoms with E-state index in [9.17, 15) is 9.59 Å². The number of aromatic nitrogens is 1. The zero-order valence-corrected chi connectivity index (χ0v) is 24.9. The quantitative estimate of drug-likeness (QED) is 0.219. The maximum atomic E-state index is 12.9. The fraction of sp³-hybridized carbons (Fsp3) is 0.769. The van der Waals surface area contributed by atoms with Crippen molar-refractivity contribution in [2.24, 2.45) is 27.2 Å². The summed E-state index contributed by atoms with van der Waals surface area (Å²) in [4.78, 5) is 36.2. The molecule has 0 aliphatic carbocycles. The van der Waals surface area contributed by atoms with Crippen molar-refractivity contribution in [2.75, 3.05) is 37.2 Å². The Morgan fingerprint density at radius 3 is 2.46 bits per heavy atom. The summed E-state index contributed by atoms with van der Waals surface area (Å²) in [7, 11) is 0. The van der Waals surface area contributed by atoms with E-state index in [1.165, 1.54) is 11.3 Å². The van der Waals surface area contributed by atoms with Crippen molar-refractivity contribution < 1.29 is 19.5 Å². The number of likely N-dealkylation sites (tertiary alicyclic amines) is 1. The van der Waals surface area contributed by atoms with Gasteiger partial charge in [-0.1, -0.05) is 59.8 Å². The molecule has 1 atom stereocenters. The lowest BCUT2D eigenvalue weighted by Gasteiger charge is -2.39. The number of rotatable bonds is 10. The highest BCUT2D eigenvalue weighted by Gasteiger charge is 2.37. The predicted octanol–water partition coefficient (Wildman–Crippen LogP) is 4.68. The number of hydrogen-bond donors (Lipinski definition) is 3. The lowest BCUT2D eigenvalue weighted by atomic mass is 9.74. The van der Waals surface area contributed by atoms with Crippen LogP contribution in [0.25, 0.3) is 0 Å². The first kappa shape index (κ1) is 29.9. The van der Waals surface area contributed by atoms with Crippen LogP contribution in [0.2, 0.25) is 0 Å². The Hall–Kier alpha value is -1.69. The molecular formula is C26H43N5O4S2. The number of thiazole rings is 1. The summed E-state index contributed by atoms with van der Waals surface area (Å²) in [5, 5.41) is 12.7. The van der Waals surface area contributed by atoms with E-state index in [1.807, 2.05) is 13.8 Å². The molecule has 1 saturated heterocycles. The molecule has 208 valence electrons. The molecule has 0 saturated carbocycles. The topological polar surface area (TPSA) is 116 Å². The molecule has 0 spiro atoms. The van der Waals surface area contributed by atoms with E-state index in [0.717, 1.165) is 42.6 Å². The molecule has 9 nitrogen and oxygen atoms in total. The van der Waals surface area contributed by atoms with Crippen LogP contribution in [-0.4, -0.2) is 70.8 Å². The number of hydroxylamine groups is 1. The number of hydrogen-bond acceptors (Lipinski definition) is 9. The van der Waals surface area contributed by atoms with Crippen LogP contribution in [0.3, 0.4) is 0 Å². The van der Waals surface area contributed by atoms with Gasteiger partial charge in [0.2, 0.25) is 11.8 Å². The number of anilines is 1. The number of piperidine rings is 1. The SMILES string of the molecule is CC(C)(CN1CCC(C(=O)Nc2ncc(SCC3=NCC(C(C)(C)C)O3)s2)CC1)CC(C)(C)C(=O)NO. The molecular weight excluding hydrogens is 510 g/mol. The average Bonchev–Trinajstić information content (AvgIpc) is 3.46. The summed E-state index contributed by atoms with van der Waals surface area (Å²) in [6, 6.07) is 0. The fourth-order valence-corrected chi connectivity index (χ4v) is 6.88. The van der Waals surface area contributed by atoms with E-state index in [1.54, 1.807) is 23.4 Å². The smallest absolute Gasteiger partial charge is 0.249 e. The van der Waals surface area contributed by atoms with Crippen molar-refractivity contribution >= 4 is 45.9 Å². The number of carbonyl (C=O) groups excluding carboxylic acids is 2. The van der Waals surface area contributed by atoms with Gasteiger partial charge in [-0.15, -0.1) is 11.8 Å². The molecule has 2 amide bonds. The summed E-state index contributed by atoms with van der Waals surface area (Å²) in [5.74, 6) is 1.07. The Bertz CT molecular complexity index is 978. The molecule has 2 aliphatic heterocycles. The molecule has 1 fully saturated rings. The van der Waals surface area contributed by atoms with E-state index >= 15 is 0 Å². The molecule has 1 aromatic rings. The number of carbonyl (C=O) groups is 2. The first-order chi connectivity index (χ1) is 17.2. The summed E-state index contributed by atoms with van der Waals surface area (Å²) in [5.41, 5.74) is 1.09. The normalized spacial score (nSPS) is 19.9. The molecule has 3 heterocycles. The van der Waals surface area contributed by atoms with Crippen LogP contribution in [0.4, 0.5) is 5.13 Å². The Labute approximate surface area is 229 Å². The summed E-state index contributed by atoms with van der Waals surface area (Å²) in [6.07, 6.45) is 4.15. The second kappa shape index (κ2) is 12.0. The number of aliphatic imine (C=N–C) groups is 1. The van der Waals surface area contributed by atoms with Gasteiger partial charge >= 0.3 is 0 Å². The zero-order chi connectivity index (χ0) is 27.4. The molecule has 1 unspecified atom stereocenters. The number of ether oxygens (including phenoxy) is 1. The van der Waals surface area contributed by atoms with Crippen molar-refractivity contribution in [3.05, 3.63) is 6.20 Å². The first-order valence-corrected chi connectivity index (χ1v) is 14.8. The number of amides is 2. The third-order valence-corrected chi connectivity index (χ3v) is 9.07. The zero-order valence-electron chi connectivity index (χ0n) is 23.2. The second-order valence-corrected chi connectivity index (χ2v) is 15.0. The highest BCUT2D eigenvalue weighted by Crippen LogP contribution is 2.36. The van der Waals surface area contributed by atoms with Gasteiger partial charge in [-0.2, -0.15) is 0 Å². The highest BCUT2D eigenvalue weighted by molar-refractivity contribution is 8.01. The van der Waals surface area contributed by atoms with Gasteiger partial charge in [0, 0.05) is 23.3 Å². The molecule has 37 heavy (non-hydrogen) atoms. The van der Waals surface area contributed by atoms with Gasteiger partial charge < -0.3 is 15.0 Å². The number of nitrogens with one attached hydrogen (secondary N) is 2. The van der Waals surface area contributed by atoms with E-state index < -0.39 is 5.41 Å². The minimum atomic E-state index is -0.659. The van der Waals surface area contributed by atoms with Gasteiger partial charge in [-0.3, -0.25) is 19.8 Å². The molecule has 0 radical (unpaired) electrons. The van der Waals surface area contributed by atoms with Gasteiger partial charge in [0.1, 0.15) is 6.10 Å². The lowest BCUT2D eigenvalue weighted by molar-refractivity contribution is -0.140. The minimum absolute atomic E-state index is 0.0297. The lowest BCUT2D eigenvalue weighted by Crippen LogP contribution is -2.45. The maximum absolute atomic E-state index is 12.9. The Kier molecular flexibility index (Phi) is 9.69. The van der Waals surface area contributed by atoms with Crippen molar-refractivity contribution in [1.82, 2.24) is 15.4 Å². The Morgan fingerprint density at radius 1 is 1.19 bits per heavy atom. The van der Waals surface area contributed by atoms with Gasteiger partial charge in [-0.05, 0) is 37.8 Å². The summed E-state index contributed by atoms with van der Waals surface area (Å²) < 4.78 is 7.01. The second-order valence-electron chi connectivity index (χ2n) is 12.7. The fourth-order valence-electron chi connectivity index (χ4n) is 5.12. The summed E-state index contributed by atoms with van der Waals surface area (Å²) in [6.45, 7) is 17.7. The third kappa shape index (κ3) is 8.66. The molecule has 3 N–H and O–H groups in total. The number of thioether (sulfide) groups is 1. The largest absolute Gasteiger partial charge is 0.475 e. The molecule has 11 heteroatoms. The number of nitrogens with zero attached hydrogens (tertiary/aromatic N) is 3. The standard InChI is InChI=1S/C26H43N5O4S2/c1-24(2,3)18-12-27-19(35-18)14-36-20-13-28-23(37-20)29-21(32)17-8-10-31(11-9-17)16-25(4,5)15-26(6,7)22(33)30-34/h13,17-18,34H,8-12,14-16H2,1-7H3,(H,30,33)(H,28,29,32). The van der Waals surface area contributed by atoms with Gasteiger partial charge in [0.05, 0.1) is 22.7 Å². The maximum Gasteiger partial charge on any atom is 0.249 e. The van der Waals surface area contributed by atoms with Gasteiger partial charge in [0.25, 0.3) is 0 Å². The van der Waals surface area contributed by atoms with Gasteiger partial charge in [0.15, 0.2) is 11.0 Å². The van der Waals surface area contributed by atoms with Gasteiger partial charge in [-0.25, -0.2) is 10.5 Å². The van der Waals surface area contributed by atoms with Crippen LogP contribution >= 0.6 is 23.1 Å². The minimum Gasteiger partial charge on any atom is -0.475 e. The van der Waals surface area contributed by atoms with Crippen LogP contribution in [0.5, 0.6) is 0 Å². The van der Waals surface area contributed by atoms with E-state index in [2.05, 4.69) is 54.8 Å². The van der Waals surface area contributed by atoms with Crippen molar-refractivity contribution in [1.29, 1.82) is 0 Å². The molecule has 3 rings (SSSR count). The highest BCUT2D eigenvalue weighted by atomic mass is 32.2. The van der Waals surface area contributed by atoms with E-state index in [0.29, 0.717) is 23.8 Å². The van der Waals surface area contributed by atoms with Crippen molar-refractivity contribution in [3.8, 4) is 0 Å². The van der Waals surface area contributed by atoms with Crippen LogP contribution in [0.15, 0.2) is 15.4 Å². The predicted molar refractivity (Wildman–Crippen MR) is 149 cm³/mol. The van der Waals surface area contributed by atoms with E-state index in [4.69, 9.17) is 9.94 Å². The van der Waals surface area contributed by atoms with Crippen molar-refractivity contribution in [3.63, 3.8) is 0 Å².